The molecule has 2 aliphatic heterocycles. The highest BCUT2D eigenvalue weighted by Gasteiger charge is 2.50. The molecule has 31 heavy (non-hydrogen) atoms. The van der Waals surface area contributed by atoms with Crippen LogP contribution in [-0.4, -0.2) is 49.1 Å². The van der Waals surface area contributed by atoms with E-state index in [1.165, 1.54) is 0 Å². The molecule has 1 aromatic rings. The van der Waals surface area contributed by atoms with Crippen molar-refractivity contribution >= 4 is 5.78 Å². The molecule has 1 fully saturated rings. The molecule has 0 aromatic heterocycles. The number of aryl methyl sites for hydroxylation is 1. The molecule has 172 valence electrons. The second-order valence-corrected chi connectivity index (χ2v) is 10.1. The number of hydrogen-bond acceptors (Lipinski definition) is 5. The van der Waals surface area contributed by atoms with Crippen molar-refractivity contribution < 1.29 is 14.3 Å². The van der Waals surface area contributed by atoms with Crippen molar-refractivity contribution in [2.24, 2.45) is 11.8 Å². The van der Waals surface area contributed by atoms with Gasteiger partial charge in [-0.2, -0.15) is 0 Å². The van der Waals surface area contributed by atoms with E-state index in [4.69, 9.17) is 9.47 Å². The van der Waals surface area contributed by atoms with Crippen LogP contribution in [0.5, 0.6) is 5.75 Å². The quantitative estimate of drug-likeness (QED) is 0.535. The van der Waals surface area contributed by atoms with E-state index >= 15 is 0 Å². The zero-order valence-electron chi connectivity index (χ0n) is 20.3. The van der Waals surface area contributed by atoms with Gasteiger partial charge in [-0.05, 0) is 89.2 Å². The normalized spacial score (nSPS) is 25.1. The molecule has 1 N–H and O–H groups in total. The molecule has 0 aliphatic carbocycles. The number of carbonyl (C=O) groups is 1. The summed E-state index contributed by atoms with van der Waals surface area (Å²) in [4.78, 5) is 15.7. The van der Waals surface area contributed by atoms with Gasteiger partial charge in [0, 0.05) is 18.8 Å². The number of nitrogens with one attached hydrogen (secondary N) is 1. The molecule has 2 heterocycles. The monoisotopic (exact) mass is 428 g/mol. The SMILES string of the molecule is CNCCC1(CC(=O)c2ccc(OC(C)C)c(C)c2)CC(CC(C)C)C2C(=CN2C)O1. The van der Waals surface area contributed by atoms with Gasteiger partial charge >= 0.3 is 0 Å². The van der Waals surface area contributed by atoms with Gasteiger partial charge in [-0.3, -0.25) is 4.79 Å². The summed E-state index contributed by atoms with van der Waals surface area (Å²) in [5.74, 6) is 3.16. The zero-order chi connectivity index (χ0) is 22.8. The van der Waals surface area contributed by atoms with Crippen molar-refractivity contribution in [3.8, 4) is 5.75 Å². The fraction of sp³-hybridized carbons (Fsp3) is 0.654. The van der Waals surface area contributed by atoms with Gasteiger partial charge in [-0.25, -0.2) is 0 Å². The summed E-state index contributed by atoms with van der Waals surface area (Å²) in [6, 6.07) is 6.13. The molecule has 1 aromatic carbocycles. The Morgan fingerprint density at radius 1 is 1.32 bits per heavy atom. The second kappa shape index (κ2) is 9.64. The predicted octanol–water partition coefficient (Wildman–Crippen LogP) is 4.94. The Labute approximate surface area is 188 Å². The Bertz CT molecular complexity index is 817. The van der Waals surface area contributed by atoms with Crippen molar-refractivity contribution in [1.29, 1.82) is 0 Å². The number of ether oxygens (including phenoxy) is 2. The van der Waals surface area contributed by atoms with Crippen LogP contribution in [0.1, 0.15) is 69.3 Å². The van der Waals surface area contributed by atoms with Crippen LogP contribution in [0.4, 0.5) is 0 Å². The Balaban J connectivity index is 1.83. The lowest BCUT2D eigenvalue weighted by Crippen LogP contribution is -2.56. The first-order valence-corrected chi connectivity index (χ1v) is 11.7. The van der Waals surface area contributed by atoms with Gasteiger partial charge < -0.3 is 19.7 Å². The Hall–Kier alpha value is -2.01. The van der Waals surface area contributed by atoms with E-state index < -0.39 is 5.60 Å². The highest BCUT2D eigenvalue weighted by Crippen LogP contribution is 2.47. The Morgan fingerprint density at radius 3 is 2.65 bits per heavy atom. The maximum Gasteiger partial charge on any atom is 0.166 e. The number of nitrogens with zero attached hydrogens (tertiary/aromatic N) is 1. The second-order valence-electron chi connectivity index (χ2n) is 10.1. The van der Waals surface area contributed by atoms with Gasteiger partial charge in [0.2, 0.25) is 0 Å². The number of hydrogen-bond donors (Lipinski definition) is 1. The predicted molar refractivity (Wildman–Crippen MR) is 125 cm³/mol. The highest BCUT2D eigenvalue weighted by molar-refractivity contribution is 5.97. The lowest BCUT2D eigenvalue weighted by molar-refractivity contribution is -0.105. The molecule has 0 saturated carbocycles. The largest absolute Gasteiger partial charge is 0.491 e. The number of Topliss-reactive ketones (excluding diaryl/α,β-unsaturated/α-hetero) is 1. The van der Waals surface area contributed by atoms with E-state index in [9.17, 15) is 4.79 Å². The minimum Gasteiger partial charge on any atom is -0.491 e. The third kappa shape index (κ3) is 5.43. The van der Waals surface area contributed by atoms with Gasteiger partial charge in [0.15, 0.2) is 5.78 Å². The fourth-order valence-corrected chi connectivity index (χ4v) is 5.13. The molecule has 2 aliphatic rings. The smallest absolute Gasteiger partial charge is 0.166 e. The molecule has 5 heteroatoms. The number of benzene rings is 1. The highest BCUT2D eigenvalue weighted by atomic mass is 16.5. The average molecular weight is 429 g/mol. The van der Waals surface area contributed by atoms with Crippen LogP contribution in [0.3, 0.4) is 0 Å². The summed E-state index contributed by atoms with van der Waals surface area (Å²) in [5.41, 5.74) is 1.28. The third-order valence-electron chi connectivity index (χ3n) is 6.42. The van der Waals surface area contributed by atoms with Gasteiger partial charge in [-0.1, -0.05) is 13.8 Å². The third-order valence-corrected chi connectivity index (χ3v) is 6.42. The molecule has 3 atom stereocenters. The number of rotatable bonds is 10. The van der Waals surface area contributed by atoms with E-state index in [1.54, 1.807) is 0 Å². The van der Waals surface area contributed by atoms with Crippen LogP contribution in [0, 0.1) is 18.8 Å². The molecule has 5 nitrogen and oxygen atoms in total. The minimum atomic E-state index is -0.454. The van der Waals surface area contributed by atoms with Crippen LogP contribution < -0.4 is 10.1 Å². The standard InChI is InChI=1S/C26H40N2O3/c1-17(2)12-21-14-26(10-11-27-6,31-24-16-28(7)25(21)24)15-22(29)20-8-9-23(19(5)13-20)30-18(3)4/h8-9,13,16-18,21,25,27H,10-12,14-15H2,1-7H3. The van der Waals surface area contributed by atoms with E-state index in [1.807, 2.05) is 46.0 Å². The number of carbonyl (C=O) groups excluding carboxylic acids is 1. The molecule has 0 radical (unpaired) electrons. The first-order valence-electron chi connectivity index (χ1n) is 11.7. The fourth-order valence-electron chi connectivity index (χ4n) is 5.13. The molecule has 0 spiro atoms. The summed E-state index contributed by atoms with van der Waals surface area (Å²) in [6.07, 6.45) is 5.49. The molecular formula is C26H40N2O3. The lowest BCUT2D eigenvalue weighted by atomic mass is 9.72. The van der Waals surface area contributed by atoms with Crippen molar-refractivity contribution in [3.63, 3.8) is 0 Å². The zero-order valence-corrected chi connectivity index (χ0v) is 20.3. The maximum absolute atomic E-state index is 13.4. The van der Waals surface area contributed by atoms with Gasteiger partial charge in [0.25, 0.3) is 0 Å². The molecule has 3 unspecified atom stereocenters. The van der Waals surface area contributed by atoms with Crippen LogP contribution in [0.25, 0.3) is 0 Å². The van der Waals surface area contributed by atoms with Crippen LogP contribution in [0.2, 0.25) is 0 Å². The minimum absolute atomic E-state index is 0.112. The van der Waals surface area contributed by atoms with Crippen LogP contribution >= 0.6 is 0 Å². The van der Waals surface area contributed by atoms with E-state index in [2.05, 4.69) is 37.3 Å². The molecule has 0 bridgehead atoms. The first-order chi connectivity index (χ1) is 14.6. The summed E-state index contributed by atoms with van der Waals surface area (Å²) in [7, 11) is 4.08. The summed E-state index contributed by atoms with van der Waals surface area (Å²) in [6.45, 7) is 11.4. The topological polar surface area (TPSA) is 50.8 Å². The summed E-state index contributed by atoms with van der Waals surface area (Å²) < 4.78 is 12.4. The van der Waals surface area contributed by atoms with Gasteiger partial charge in [0.05, 0.1) is 18.6 Å². The van der Waals surface area contributed by atoms with Crippen LogP contribution in [-0.2, 0) is 4.74 Å². The van der Waals surface area contributed by atoms with E-state index in [0.29, 0.717) is 24.3 Å². The van der Waals surface area contributed by atoms with Crippen molar-refractivity contribution in [2.45, 2.75) is 78.0 Å². The number of likely N-dealkylation sites (N-methyl/N-ethyl adjacent to an activating group) is 1. The summed E-state index contributed by atoms with van der Waals surface area (Å²) >= 11 is 0. The van der Waals surface area contributed by atoms with E-state index in [0.717, 1.165) is 48.4 Å². The Kier molecular flexibility index (Phi) is 7.35. The van der Waals surface area contributed by atoms with Crippen molar-refractivity contribution in [1.82, 2.24) is 10.2 Å². The van der Waals surface area contributed by atoms with Crippen molar-refractivity contribution in [2.75, 3.05) is 20.6 Å². The molecule has 3 rings (SSSR count). The van der Waals surface area contributed by atoms with Gasteiger partial charge in [0.1, 0.15) is 17.1 Å². The average Bonchev–Trinajstić information content (AvgIpc) is 2.66. The first kappa shape index (κ1) is 23.6. The number of ketones is 1. The Morgan fingerprint density at radius 2 is 2.06 bits per heavy atom. The number of fused-ring (bicyclic) bond motifs is 1. The van der Waals surface area contributed by atoms with Gasteiger partial charge in [-0.15, -0.1) is 0 Å². The molecule has 0 amide bonds. The van der Waals surface area contributed by atoms with Crippen molar-refractivity contribution in [3.05, 3.63) is 41.3 Å². The van der Waals surface area contributed by atoms with Crippen LogP contribution in [0.15, 0.2) is 30.2 Å². The molecule has 1 saturated heterocycles. The molecular weight excluding hydrogens is 388 g/mol. The summed E-state index contributed by atoms with van der Waals surface area (Å²) in [5, 5.41) is 3.26. The van der Waals surface area contributed by atoms with E-state index in [-0.39, 0.29) is 11.9 Å². The lowest BCUT2D eigenvalue weighted by Gasteiger charge is -2.53. The maximum atomic E-state index is 13.4.